The number of carbonyl (C=O) groups excluding carboxylic acids is 1. The summed E-state index contributed by atoms with van der Waals surface area (Å²) in [6, 6.07) is 2.70. The van der Waals surface area contributed by atoms with Crippen molar-refractivity contribution in [3.63, 3.8) is 0 Å². The molecule has 1 aromatic rings. The summed E-state index contributed by atoms with van der Waals surface area (Å²) in [4.78, 5) is 13.4. The maximum absolute atomic E-state index is 13.4. The second kappa shape index (κ2) is 5.16. The molecule has 0 atom stereocenters. The fourth-order valence-corrected chi connectivity index (χ4v) is 1.81. The lowest BCUT2D eigenvalue weighted by Gasteiger charge is -2.28. The van der Waals surface area contributed by atoms with E-state index in [9.17, 15) is 13.6 Å². The number of nitrogens with zero attached hydrogens (tertiary/aromatic N) is 1. The number of halogens is 2. The average Bonchev–Trinajstić information content (AvgIpc) is 2.33. The molecule has 1 aliphatic rings. The van der Waals surface area contributed by atoms with Gasteiger partial charge in [0.25, 0.3) is 0 Å². The standard InChI is InChI=1S/C13H14F2N2O/c1-9-4-6-17(7-5-9)13(18)16-12-3-2-10(14)8-11(12)15/h2-3,8H,1,4-7H2,(H,16,18). The number of piperidine rings is 1. The van der Waals surface area contributed by atoms with E-state index in [0.717, 1.165) is 30.5 Å². The van der Waals surface area contributed by atoms with Gasteiger partial charge in [-0.2, -0.15) is 0 Å². The van der Waals surface area contributed by atoms with Crippen molar-refractivity contribution in [2.45, 2.75) is 12.8 Å². The second-order valence-corrected chi connectivity index (χ2v) is 4.29. The number of benzene rings is 1. The third-order valence-corrected chi connectivity index (χ3v) is 2.93. The lowest BCUT2D eigenvalue weighted by atomic mass is 10.1. The quantitative estimate of drug-likeness (QED) is 0.765. The van der Waals surface area contributed by atoms with Crippen LogP contribution in [0.4, 0.5) is 19.3 Å². The predicted molar refractivity (Wildman–Crippen MR) is 65.3 cm³/mol. The van der Waals surface area contributed by atoms with E-state index >= 15 is 0 Å². The maximum atomic E-state index is 13.4. The molecule has 2 amide bonds. The number of anilines is 1. The summed E-state index contributed by atoms with van der Waals surface area (Å²) >= 11 is 0. The van der Waals surface area contributed by atoms with Gasteiger partial charge in [-0.1, -0.05) is 12.2 Å². The van der Waals surface area contributed by atoms with Gasteiger partial charge in [0.1, 0.15) is 11.6 Å². The molecule has 1 fully saturated rings. The van der Waals surface area contributed by atoms with Gasteiger partial charge in [0.05, 0.1) is 5.69 Å². The van der Waals surface area contributed by atoms with Gasteiger partial charge in [-0.3, -0.25) is 0 Å². The minimum absolute atomic E-state index is 0.00852. The van der Waals surface area contributed by atoms with Crippen molar-refractivity contribution in [2.24, 2.45) is 0 Å². The third-order valence-electron chi connectivity index (χ3n) is 2.93. The van der Waals surface area contributed by atoms with Crippen LogP contribution in [0.15, 0.2) is 30.4 Å². The molecule has 0 spiro atoms. The lowest BCUT2D eigenvalue weighted by molar-refractivity contribution is 0.207. The first-order valence-electron chi connectivity index (χ1n) is 5.74. The summed E-state index contributed by atoms with van der Waals surface area (Å²) in [5.41, 5.74) is 1.11. The Kier molecular flexibility index (Phi) is 3.60. The largest absolute Gasteiger partial charge is 0.324 e. The molecule has 2 rings (SSSR count). The molecular weight excluding hydrogens is 238 g/mol. The summed E-state index contributed by atoms with van der Waals surface area (Å²) in [7, 11) is 0. The Morgan fingerprint density at radius 3 is 2.56 bits per heavy atom. The predicted octanol–water partition coefficient (Wildman–Crippen LogP) is 3.15. The number of likely N-dealkylation sites (tertiary alicyclic amines) is 1. The van der Waals surface area contributed by atoms with Crippen LogP contribution in [0.3, 0.4) is 0 Å². The summed E-state index contributed by atoms with van der Waals surface area (Å²) in [6.45, 7) is 5.01. The minimum Gasteiger partial charge on any atom is -0.324 e. The highest BCUT2D eigenvalue weighted by Crippen LogP contribution is 2.18. The van der Waals surface area contributed by atoms with Crippen molar-refractivity contribution < 1.29 is 13.6 Å². The van der Waals surface area contributed by atoms with E-state index < -0.39 is 11.6 Å². The van der Waals surface area contributed by atoms with Gasteiger partial charge >= 0.3 is 6.03 Å². The van der Waals surface area contributed by atoms with Gasteiger partial charge in [-0.15, -0.1) is 0 Å². The van der Waals surface area contributed by atoms with Crippen LogP contribution in [0.1, 0.15) is 12.8 Å². The van der Waals surface area contributed by atoms with Crippen LogP contribution in [0.2, 0.25) is 0 Å². The van der Waals surface area contributed by atoms with E-state index in [2.05, 4.69) is 11.9 Å². The van der Waals surface area contributed by atoms with Crippen LogP contribution in [0.25, 0.3) is 0 Å². The fraction of sp³-hybridized carbons (Fsp3) is 0.308. The highest BCUT2D eigenvalue weighted by Gasteiger charge is 2.19. The molecule has 0 saturated carbocycles. The molecule has 0 radical (unpaired) electrons. The van der Waals surface area contributed by atoms with Gasteiger partial charge in [0.15, 0.2) is 0 Å². The first-order valence-corrected chi connectivity index (χ1v) is 5.74. The van der Waals surface area contributed by atoms with E-state index in [1.165, 1.54) is 6.07 Å². The molecule has 0 aromatic heterocycles. The molecule has 5 heteroatoms. The Morgan fingerprint density at radius 1 is 1.28 bits per heavy atom. The van der Waals surface area contributed by atoms with E-state index in [1.807, 2.05) is 0 Å². The first-order chi connectivity index (χ1) is 8.56. The highest BCUT2D eigenvalue weighted by atomic mass is 19.1. The maximum Gasteiger partial charge on any atom is 0.321 e. The first kappa shape index (κ1) is 12.5. The Balaban J connectivity index is 2.00. The van der Waals surface area contributed by atoms with Crippen LogP contribution in [0, 0.1) is 11.6 Å². The van der Waals surface area contributed by atoms with Gasteiger partial charge < -0.3 is 10.2 Å². The summed E-state index contributed by atoms with van der Waals surface area (Å²) in [6.07, 6.45) is 1.53. The Hall–Kier alpha value is -1.91. The zero-order valence-corrected chi connectivity index (χ0v) is 9.88. The van der Waals surface area contributed by atoms with Crippen LogP contribution < -0.4 is 5.32 Å². The molecule has 18 heavy (non-hydrogen) atoms. The number of carbonyl (C=O) groups is 1. The molecule has 1 saturated heterocycles. The van der Waals surface area contributed by atoms with Crippen LogP contribution >= 0.6 is 0 Å². The molecule has 1 heterocycles. The van der Waals surface area contributed by atoms with Gasteiger partial charge in [0, 0.05) is 19.2 Å². The molecule has 0 aliphatic carbocycles. The molecular formula is C13H14F2N2O. The third kappa shape index (κ3) is 2.85. The monoisotopic (exact) mass is 252 g/mol. The van der Waals surface area contributed by atoms with Gasteiger partial charge in [-0.25, -0.2) is 13.6 Å². The topological polar surface area (TPSA) is 32.3 Å². The number of nitrogens with one attached hydrogen (secondary N) is 1. The molecule has 0 unspecified atom stereocenters. The molecule has 1 aliphatic heterocycles. The van der Waals surface area contributed by atoms with Crippen molar-refractivity contribution in [1.29, 1.82) is 0 Å². The van der Waals surface area contributed by atoms with Gasteiger partial charge in [0.2, 0.25) is 0 Å². The number of rotatable bonds is 1. The fourth-order valence-electron chi connectivity index (χ4n) is 1.81. The normalized spacial score (nSPS) is 15.7. The van der Waals surface area contributed by atoms with Gasteiger partial charge in [-0.05, 0) is 25.0 Å². The van der Waals surface area contributed by atoms with Crippen molar-refractivity contribution in [3.8, 4) is 0 Å². The SMILES string of the molecule is C=C1CCN(C(=O)Nc2ccc(F)cc2F)CC1. The molecule has 1 N–H and O–H groups in total. The van der Waals surface area contributed by atoms with Crippen LogP contribution in [0.5, 0.6) is 0 Å². The minimum atomic E-state index is -0.773. The van der Waals surface area contributed by atoms with Crippen molar-refractivity contribution in [3.05, 3.63) is 42.0 Å². The number of urea groups is 1. The van der Waals surface area contributed by atoms with E-state index in [4.69, 9.17) is 0 Å². The molecule has 3 nitrogen and oxygen atoms in total. The number of amides is 2. The lowest BCUT2D eigenvalue weighted by Crippen LogP contribution is -2.39. The highest BCUT2D eigenvalue weighted by molar-refractivity contribution is 5.89. The zero-order valence-electron chi connectivity index (χ0n) is 9.88. The van der Waals surface area contributed by atoms with Crippen molar-refractivity contribution in [1.82, 2.24) is 4.90 Å². The Labute approximate surface area is 104 Å². The van der Waals surface area contributed by atoms with E-state index in [1.54, 1.807) is 4.90 Å². The van der Waals surface area contributed by atoms with Crippen molar-refractivity contribution in [2.75, 3.05) is 18.4 Å². The van der Waals surface area contributed by atoms with Crippen molar-refractivity contribution >= 4 is 11.7 Å². The molecule has 0 bridgehead atoms. The Morgan fingerprint density at radius 2 is 1.94 bits per heavy atom. The molecule has 96 valence electrons. The smallest absolute Gasteiger partial charge is 0.321 e. The zero-order chi connectivity index (χ0) is 13.1. The second-order valence-electron chi connectivity index (χ2n) is 4.29. The Bertz CT molecular complexity index is 478. The van der Waals surface area contributed by atoms with E-state index in [-0.39, 0.29) is 11.7 Å². The summed E-state index contributed by atoms with van der Waals surface area (Å²) in [5, 5.41) is 2.44. The van der Waals surface area contributed by atoms with E-state index in [0.29, 0.717) is 13.1 Å². The number of hydrogen-bond acceptors (Lipinski definition) is 1. The summed E-state index contributed by atoms with van der Waals surface area (Å²) in [5.74, 6) is -1.44. The summed E-state index contributed by atoms with van der Waals surface area (Å²) < 4.78 is 26.1. The average molecular weight is 252 g/mol. The van der Waals surface area contributed by atoms with Crippen LogP contribution in [-0.4, -0.2) is 24.0 Å². The molecule has 1 aromatic carbocycles. The van der Waals surface area contributed by atoms with Crippen LogP contribution in [-0.2, 0) is 0 Å². The number of hydrogen-bond donors (Lipinski definition) is 1.